The number of fused-ring (bicyclic) bond motifs is 5. The first-order chi connectivity index (χ1) is 10.9. The second-order valence-electron chi connectivity index (χ2n) is 6.59. The predicted octanol–water partition coefficient (Wildman–Crippen LogP) is 4.53. The number of phenolic OH excluding ortho intramolecular Hbond substituents is 1. The summed E-state index contributed by atoms with van der Waals surface area (Å²) in [6, 6.07) is 5.69. The van der Waals surface area contributed by atoms with Gasteiger partial charge in [-0.15, -0.1) is 0 Å². The standard InChI is InChI=1S/C19H19NO3/c1-10-7-13-12-8-16(22-4)15(21)9-14(12)20-17(13)11-5-6-19(2,3)23-18(10)11/h5-9,20-21H,1-4H3. The Morgan fingerprint density at radius 3 is 2.70 bits per heavy atom. The van der Waals surface area contributed by atoms with Crippen molar-refractivity contribution in [1.82, 2.24) is 4.98 Å². The van der Waals surface area contributed by atoms with Crippen LogP contribution in [-0.4, -0.2) is 22.8 Å². The smallest absolute Gasteiger partial charge is 0.161 e. The Balaban J connectivity index is 2.10. The molecule has 0 spiro atoms. The van der Waals surface area contributed by atoms with Crippen LogP contribution in [0, 0.1) is 6.92 Å². The van der Waals surface area contributed by atoms with E-state index < -0.39 is 0 Å². The van der Waals surface area contributed by atoms with Crippen LogP contribution < -0.4 is 9.47 Å². The highest BCUT2D eigenvalue weighted by Gasteiger charge is 2.25. The summed E-state index contributed by atoms with van der Waals surface area (Å²) in [5.74, 6) is 1.51. The van der Waals surface area contributed by atoms with Gasteiger partial charge in [-0.05, 0) is 50.6 Å². The second kappa shape index (κ2) is 4.44. The minimum atomic E-state index is -0.307. The maximum atomic E-state index is 10.0. The summed E-state index contributed by atoms with van der Waals surface area (Å²) in [5, 5.41) is 12.1. The molecule has 2 aromatic carbocycles. The Hall–Kier alpha value is -2.62. The molecule has 23 heavy (non-hydrogen) atoms. The van der Waals surface area contributed by atoms with E-state index in [1.165, 1.54) is 0 Å². The number of phenols is 1. The molecular formula is C19H19NO3. The van der Waals surface area contributed by atoms with Crippen LogP contribution in [0.1, 0.15) is 25.0 Å². The molecule has 4 heteroatoms. The average Bonchev–Trinajstić information content (AvgIpc) is 2.83. The summed E-state index contributed by atoms with van der Waals surface area (Å²) in [7, 11) is 1.56. The van der Waals surface area contributed by atoms with Crippen LogP contribution in [0.4, 0.5) is 0 Å². The number of aromatic nitrogens is 1. The zero-order valence-corrected chi connectivity index (χ0v) is 13.7. The van der Waals surface area contributed by atoms with Crippen molar-refractivity contribution in [3.8, 4) is 17.2 Å². The number of H-pyrrole nitrogens is 1. The number of aryl methyl sites for hydroxylation is 1. The Kier molecular flexibility index (Phi) is 2.71. The van der Waals surface area contributed by atoms with E-state index in [-0.39, 0.29) is 11.4 Å². The quantitative estimate of drug-likeness (QED) is 0.694. The van der Waals surface area contributed by atoms with Crippen molar-refractivity contribution in [3.63, 3.8) is 0 Å². The van der Waals surface area contributed by atoms with Crippen LogP contribution in [0.3, 0.4) is 0 Å². The molecule has 0 radical (unpaired) electrons. The van der Waals surface area contributed by atoms with Gasteiger partial charge in [-0.25, -0.2) is 0 Å². The molecule has 0 saturated carbocycles. The summed E-state index contributed by atoms with van der Waals surface area (Å²) in [4.78, 5) is 3.41. The lowest BCUT2D eigenvalue weighted by Gasteiger charge is -2.29. The van der Waals surface area contributed by atoms with Crippen LogP contribution in [0.2, 0.25) is 0 Å². The Morgan fingerprint density at radius 2 is 1.96 bits per heavy atom. The van der Waals surface area contributed by atoms with Gasteiger partial charge in [0.05, 0.1) is 18.1 Å². The van der Waals surface area contributed by atoms with Gasteiger partial charge in [-0.2, -0.15) is 0 Å². The molecule has 0 bridgehead atoms. The lowest BCUT2D eigenvalue weighted by Crippen LogP contribution is -2.28. The van der Waals surface area contributed by atoms with E-state index >= 15 is 0 Å². The van der Waals surface area contributed by atoms with Gasteiger partial charge in [-0.3, -0.25) is 0 Å². The van der Waals surface area contributed by atoms with E-state index in [1.807, 2.05) is 19.9 Å². The average molecular weight is 309 g/mol. The maximum absolute atomic E-state index is 10.0. The van der Waals surface area contributed by atoms with Gasteiger partial charge in [-0.1, -0.05) is 0 Å². The molecule has 1 aromatic heterocycles. The van der Waals surface area contributed by atoms with Crippen LogP contribution >= 0.6 is 0 Å². The number of nitrogens with one attached hydrogen (secondary N) is 1. The molecule has 0 fully saturated rings. The van der Waals surface area contributed by atoms with Crippen molar-refractivity contribution >= 4 is 27.9 Å². The summed E-state index contributed by atoms with van der Waals surface area (Å²) < 4.78 is 11.4. The monoisotopic (exact) mass is 309 g/mol. The van der Waals surface area contributed by atoms with Crippen molar-refractivity contribution in [3.05, 3.63) is 35.4 Å². The zero-order chi connectivity index (χ0) is 16.4. The number of hydrogen-bond acceptors (Lipinski definition) is 3. The fourth-order valence-electron chi connectivity index (χ4n) is 3.24. The number of aromatic amines is 1. The first-order valence-corrected chi connectivity index (χ1v) is 7.64. The van der Waals surface area contributed by atoms with Gasteiger partial charge in [0.25, 0.3) is 0 Å². The fourth-order valence-corrected chi connectivity index (χ4v) is 3.24. The van der Waals surface area contributed by atoms with Crippen molar-refractivity contribution < 1.29 is 14.6 Å². The predicted molar refractivity (Wildman–Crippen MR) is 92.5 cm³/mol. The van der Waals surface area contributed by atoms with Gasteiger partial charge >= 0.3 is 0 Å². The van der Waals surface area contributed by atoms with Crippen molar-refractivity contribution in [1.29, 1.82) is 0 Å². The lowest BCUT2D eigenvalue weighted by molar-refractivity contribution is 0.158. The molecule has 0 atom stereocenters. The summed E-state index contributed by atoms with van der Waals surface area (Å²) in [5.41, 5.74) is 3.73. The molecule has 0 amide bonds. The molecule has 0 aliphatic carbocycles. The maximum Gasteiger partial charge on any atom is 0.161 e. The van der Waals surface area contributed by atoms with Crippen molar-refractivity contribution in [2.24, 2.45) is 0 Å². The highest BCUT2D eigenvalue weighted by Crippen LogP contribution is 2.42. The number of ether oxygens (including phenoxy) is 2. The fraction of sp³-hybridized carbons (Fsp3) is 0.263. The van der Waals surface area contributed by atoms with Crippen LogP contribution in [0.25, 0.3) is 27.9 Å². The third-order valence-electron chi connectivity index (χ3n) is 4.39. The van der Waals surface area contributed by atoms with Gasteiger partial charge in [0.1, 0.15) is 11.4 Å². The van der Waals surface area contributed by atoms with E-state index in [1.54, 1.807) is 13.2 Å². The molecule has 3 aromatic rings. The van der Waals surface area contributed by atoms with E-state index in [0.29, 0.717) is 5.75 Å². The van der Waals surface area contributed by atoms with Crippen LogP contribution in [0.15, 0.2) is 24.3 Å². The van der Waals surface area contributed by atoms with Crippen LogP contribution in [-0.2, 0) is 0 Å². The zero-order valence-electron chi connectivity index (χ0n) is 13.7. The SMILES string of the molecule is COc1cc2c(cc1O)[nH]c1c3c(c(C)cc12)OC(C)(C)C=C3. The van der Waals surface area contributed by atoms with Crippen LogP contribution in [0.5, 0.6) is 17.2 Å². The van der Waals surface area contributed by atoms with E-state index in [9.17, 15) is 5.11 Å². The molecule has 2 N–H and O–H groups in total. The number of methoxy groups -OCH3 is 1. The molecule has 1 aliphatic heterocycles. The third kappa shape index (κ3) is 1.98. The molecule has 2 heterocycles. The minimum absolute atomic E-state index is 0.130. The first kappa shape index (κ1) is 14.0. The summed E-state index contributed by atoms with van der Waals surface area (Å²) >= 11 is 0. The summed E-state index contributed by atoms with van der Waals surface area (Å²) in [6.07, 6.45) is 4.18. The van der Waals surface area contributed by atoms with Gasteiger partial charge < -0.3 is 19.6 Å². The molecular weight excluding hydrogens is 290 g/mol. The Bertz CT molecular complexity index is 980. The lowest BCUT2D eigenvalue weighted by atomic mass is 9.97. The number of benzene rings is 2. The number of hydrogen-bond donors (Lipinski definition) is 2. The molecule has 118 valence electrons. The highest BCUT2D eigenvalue weighted by atomic mass is 16.5. The topological polar surface area (TPSA) is 54.5 Å². The van der Waals surface area contributed by atoms with E-state index in [0.717, 1.165) is 38.7 Å². The highest BCUT2D eigenvalue weighted by molar-refractivity contribution is 6.11. The van der Waals surface area contributed by atoms with E-state index in [2.05, 4.69) is 30.1 Å². The Morgan fingerprint density at radius 1 is 1.17 bits per heavy atom. The Labute approximate surface area is 134 Å². The number of rotatable bonds is 1. The summed E-state index contributed by atoms with van der Waals surface area (Å²) in [6.45, 7) is 6.15. The van der Waals surface area contributed by atoms with Gasteiger partial charge in [0.15, 0.2) is 11.5 Å². The third-order valence-corrected chi connectivity index (χ3v) is 4.39. The molecule has 0 saturated heterocycles. The first-order valence-electron chi connectivity index (χ1n) is 7.64. The minimum Gasteiger partial charge on any atom is -0.504 e. The molecule has 1 aliphatic rings. The largest absolute Gasteiger partial charge is 0.504 e. The van der Waals surface area contributed by atoms with E-state index in [4.69, 9.17) is 9.47 Å². The second-order valence-corrected chi connectivity index (χ2v) is 6.59. The molecule has 4 nitrogen and oxygen atoms in total. The molecule has 0 unspecified atom stereocenters. The van der Waals surface area contributed by atoms with Crippen molar-refractivity contribution in [2.75, 3.05) is 7.11 Å². The molecule has 4 rings (SSSR count). The van der Waals surface area contributed by atoms with Gasteiger partial charge in [0, 0.05) is 22.4 Å². The van der Waals surface area contributed by atoms with Crippen molar-refractivity contribution in [2.45, 2.75) is 26.4 Å². The van der Waals surface area contributed by atoms with Gasteiger partial charge in [0.2, 0.25) is 0 Å². The number of aromatic hydroxyl groups is 1. The normalized spacial score (nSPS) is 15.7.